The smallest absolute Gasteiger partial charge is 0.0541 e. The van der Waals surface area contributed by atoms with Gasteiger partial charge in [0.25, 0.3) is 0 Å². The van der Waals surface area contributed by atoms with Crippen molar-refractivity contribution in [2.75, 3.05) is 0 Å². The van der Waals surface area contributed by atoms with E-state index in [0.717, 1.165) is 22.7 Å². The molecule has 112 heavy (non-hydrogen) atoms. The van der Waals surface area contributed by atoms with Gasteiger partial charge in [-0.2, -0.15) is 0 Å². The van der Waals surface area contributed by atoms with Crippen molar-refractivity contribution < 1.29 is 0 Å². The minimum atomic E-state index is 1.15. The van der Waals surface area contributed by atoms with E-state index < -0.39 is 0 Å². The van der Waals surface area contributed by atoms with Gasteiger partial charge in [-0.1, -0.05) is 315 Å². The zero-order chi connectivity index (χ0) is 74.0. The maximum Gasteiger partial charge on any atom is 0.0541 e. The van der Waals surface area contributed by atoms with Crippen LogP contribution < -0.4 is 0 Å². The number of hydrogen-bond donors (Lipinski definition) is 0. The van der Waals surface area contributed by atoms with Crippen LogP contribution in [-0.4, -0.2) is 18.3 Å². The van der Waals surface area contributed by atoms with Gasteiger partial charge in [0.1, 0.15) is 0 Å². The quantitative estimate of drug-likeness (QED) is 0.116. The highest BCUT2D eigenvalue weighted by Crippen LogP contribution is 2.44. The molecule has 0 amide bonds. The monoisotopic (exact) mass is 1420 g/mol. The van der Waals surface area contributed by atoms with Crippen molar-refractivity contribution in [3.63, 3.8) is 0 Å². The van der Waals surface area contributed by atoms with Crippen LogP contribution in [0.1, 0.15) is 0 Å². The van der Waals surface area contributed by atoms with Crippen LogP contribution in [0, 0.1) is 0 Å². The molecular formula is C108H72N4. The number of aromatic nitrogens is 4. The van der Waals surface area contributed by atoms with Crippen LogP contribution in [0.4, 0.5) is 0 Å². The average molecular weight is 1430 g/mol. The SMILES string of the molecule is c1ccc(-c2cccc(-n3c4ccccc4c4cc(-c5ccc6c(c5)c5ccccc5n6-c5ccc(-c6ccccc6)c(-c6ccccc6)c5)ccc43)c2)cc1.c1ccc(-c2cccc(-n3c4ccccc4c4cc(-c5ccc6c(c5)c5ccccc5n6-c5ccc(-c6ccccc6-c6ccccc6)cc5)ccc43)c2)cc1. The van der Waals surface area contributed by atoms with Crippen LogP contribution >= 0.6 is 0 Å². The van der Waals surface area contributed by atoms with Gasteiger partial charge in [0.05, 0.1) is 44.1 Å². The van der Waals surface area contributed by atoms with Gasteiger partial charge in [-0.3, -0.25) is 0 Å². The molecule has 4 nitrogen and oxygen atoms in total. The summed E-state index contributed by atoms with van der Waals surface area (Å²) < 4.78 is 9.64. The number of benzene rings is 18. The summed E-state index contributed by atoms with van der Waals surface area (Å²) in [6.07, 6.45) is 0. The maximum absolute atomic E-state index is 2.43. The lowest BCUT2D eigenvalue weighted by molar-refractivity contribution is 1.18. The largest absolute Gasteiger partial charge is 0.309 e. The average Bonchev–Trinajstić information content (AvgIpc) is 1.59. The predicted molar refractivity (Wildman–Crippen MR) is 474 cm³/mol. The second-order valence-electron chi connectivity index (χ2n) is 29.1. The third-order valence-corrected chi connectivity index (χ3v) is 22.7. The fourth-order valence-electron chi connectivity index (χ4n) is 17.4. The topological polar surface area (TPSA) is 19.7 Å². The zero-order valence-electron chi connectivity index (χ0n) is 61.4. The van der Waals surface area contributed by atoms with Gasteiger partial charge in [0.2, 0.25) is 0 Å². The Morgan fingerprint density at radius 3 is 0.696 bits per heavy atom. The molecule has 0 aliphatic rings. The molecule has 0 aliphatic heterocycles. The first-order chi connectivity index (χ1) is 55.6. The van der Waals surface area contributed by atoms with Crippen molar-refractivity contribution in [2.24, 2.45) is 0 Å². The highest BCUT2D eigenvalue weighted by atomic mass is 15.0. The molecular weight excluding hydrogens is 1350 g/mol. The van der Waals surface area contributed by atoms with Gasteiger partial charge in [0, 0.05) is 65.8 Å². The molecule has 22 aromatic rings. The molecule has 0 aliphatic carbocycles. The minimum Gasteiger partial charge on any atom is -0.309 e. The first-order valence-corrected chi connectivity index (χ1v) is 38.5. The second kappa shape index (κ2) is 27.7. The van der Waals surface area contributed by atoms with Gasteiger partial charge in [0.15, 0.2) is 0 Å². The first kappa shape index (κ1) is 65.5. The van der Waals surface area contributed by atoms with E-state index in [0.29, 0.717) is 0 Å². The Morgan fingerprint density at radius 1 is 0.107 bits per heavy atom. The third-order valence-electron chi connectivity index (χ3n) is 22.7. The molecule has 4 aromatic heterocycles. The molecule has 524 valence electrons. The molecule has 18 aromatic carbocycles. The molecule has 0 saturated carbocycles. The van der Waals surface area contributed by atoms with Crippen LogP contribution in [0.15, 0.2) is 437 Å². The number of para-hydroxylation sites is 4. The summed E-state index contributed by atoms with van der Waals surface area (Å²) in [6, 6.07) is 159. The van der Waals surface area contributed by atoms with Gasteiger partial charge in [-0.15, -0.1) is 0 Å². The van der Waals surface area contributed by atoms with Crippen molar-refractivity contribution >= 4 is 87.2 Å². The van der Waals surface area contributed by atoms with E-state index in [-0.39, 0.29) is 0 Å². The van der Waals surface area contributed by atoms with E-state index in [9.17, 15) is 0 Å². The lowest BCUT2D eigenvalue weighted by Crippen LogP contribution is -1.96. The normalized spacial score (nSPS) is 11.6. The molecule has 0 bridgehead atoms. The lowest BCUT2D eigenvalue weighted by atomic mass is 9.94. The van der Waals surface area contributed by atoms with Crippen molar-refractivity contribution in [2.45, 2.75) is 0 Å². The maximum atomic E-state index is 2.43. The second-order valence-corrected chi connectivity index (χ2v) is 29.1. The molecule has 4 heterocycles. The van der Waals surface area contributed by atoms with Crippen LogP contribution in [0.3, 0.4) is 0 Å². The minimum absolute atomic E-state index is 1.15. The van der Waals surface area contributed by atoms with Crippen LogP contribution in [0.5, 0.6) is 0 Å². The van der Waals surface area contributed by atoms with E-state index >= 15 is 0 Å². The summed E-state index contributed by atoms with van der Waals surface area (Å²) in [5.41, 5.74) is 33.7. The van der Waals surface area contributed by atoms with Crippen LogP contribution in [0.25, 0.3) is 199 Å². The van der Waals surface area contributed by atoms with Gasteiger partial charge >= 0.3 is 0 Å². The molecule has 0 saturated heterocycles. The molecule has 0 radical (unpaired) electrons. The van der Waals surface area contributed by atoms with E-state index in [1.807, 2.05) is 0 Å². The Balaban J connectivity index is 0.000000141. The fraction of sp³-hybridized carbons (Fsp3) is 0. The Morgan fingerprint density at radius 2 is 0.339 bits per heavy atom. The summed E-state index contributed by atoms with van der Waals surface area (Å²) in [5.74, 6) is 0. The van der Waals surface area contributed by atoms with Gasteiger partial charge < -0.3 is 18.3 Å². The molecule has 22 rings (SSSR count). The number of hydrogen-bond acceptors (Lipinski definition) is 0. The van der Waals surface area contributed by atoms with E-state index in [1.165, 1.54) is 176 Å². The van der Waals surface area contributed by atoms with E-state index in [1.54, 1.807) is 0 Å². The lowest BCUT2D eigenvalue weighted by Gasteiger charge is -2.15. The zero-order valence-corrected chi connectivity index (χ0v) is 61.4. The van der Waals surface area contributed by atoms with Crippen LogP contribution in [0.2, 0.25) is 0 Å². The van der Waals surface area contributed by atoms with Crippen LogP contribution in [-0.2, 0) is 0 Å². The molecule has 0 atom stereocenters. The van der Waals surface area contributed by atoms with Gasteiger partial charge in [-0.25, -0.2) is 0 Å². The highest BCUT2D eigenvalue weighted by molar-refractivity contribution is 6.15. The summed E-state index contributed by atoms with van der Waals surface area (Å²) in [6.45, 7) is 0. The van der Waals surface area contributed by atoms with Crippen molar-refractivity contribution in [3.8, 4) is 112 Å². The number of rotatable bonds is 12. The Kier molecular flexibility index (Phi) is 16.2. The van der Waals surface area contributed by atoms with E-state index in [2.05, 4.69) is 455 Å². The van der Waals surface area contributed by atoms with E-state index in [4.69, 9.17) is 0 Å². The predicted octanol–water partition coefficient (Wildman–Crippen LogP) is 29.1. The molecule has 0 unspecified atom stereocenters. The Labute approximate surface area is 649 Å². The van der Waals surface area contributed by atoms with Gasteiger partial charge in [-0.05, 0) is 210 Å². The molecule has 4 heteroatoms. The first-order valence-electron chi connectivity index (χ1n) is 38.5. The Hall–Kier alpha value is -14.8. The number of fused-ring (bicyclic) bond motifs is 12. The van der Waals surface area contributed by atoms with Crippen molar-refractivity contribution in [1.82, 2.24) is 18.3 Å². The van der Waals surface area contributed by atoms with Crippen molar-refractivity contribution in [3.05, 3.63) is 437 Å². The standard InChI is InChI=1S/2C54H36N2/c1-4-15-37(16-5-1)40-21-14-22-43(33-40)55-51-25-12-10-23-46(51)49-34-41(27-31-53(49)55)42-28-32-54-50(35-42)47-24-11-13-26-52(47)56(54)44-29-30-45(38-17-6-2-7-18-38)48(36-44)39-19-8-3-9-20-39;1-3-14-37(15-4-1)40-18-13-19-44(34-40)56-52-25-12-10-23-48(52)50-36-42(29-33-54(50)56)41-28-32-53-49(35-41)47-22-9-11-24-51(47)55(53)43-30-26-39(27-31-43)46-21-8-7-20-45(46)38-16-5-2-6-17-38/h2*1-36H. The molecule has 0 N–H and O–H groups in total. The number of nitrogens with zero attached hydrogens (tertiary/aromatic N) is 4. The summed E-state index contributed by atoms with van der Waals surface area (Å²) in [4.78, 5) is 0. The summed E-state index contributed by atoms with van der Waals surface area (Å²) >= 11 is 0. The summed E-state index contributed by atoms with van der Waals surface area (Å²) in [5, 5.41) is 9.98. The molecule has 0 spiro atoms. The van der Waals surface area contributed by atoms with Crippen molar-refractivity contribution in [1.29, 1.82) is 0 Å². The Bertz CT molecular complexity index is 7330. The third kappa shape index (κ3) is 11.5. The molecule has 0 fully saturated rings. The fourth-order valence-corrected chi connectivity index (χ4v) is 17.4. The summed E-state index contributed by atoms with van der Waals surface area (Å²) in [7, 11) is 0. The highest BCUT2D eigenvalue weighted by Gasteiger charge is 2.22.